The molecule has 5 nitrogen and oxygen atoms in total. The van der Waals surface area contributed by atoms with E-state index in [1.807, 2.05) is 78.9 Å². The monoisotopic (exact) mass is 616 g/mol. The van der Waals surface area contributed by atoms with Gasteiger partial charge in [0.15, 0.2) is 17.5 Å². The largest absolute Gasteiger partial charge is 0.456 e. The zero-order valence-corrected chi connectivity index (χ0v) is 25.9. The van der Waals surface area contributed by atoms with Gasteiger partial charge in [-0.2, -0.15) is 0 Å². The molecule has 9 rings (SSSR count). The predicted octanol–water partition coefficient (Wildman–Crippen LogP) is 11.4. The third-order valence-electron chi connectivity index (χ3n) is 8.70. The molecule has 0 saturated carbocycles. The molecule has 0 bridgehead atoms. The number of furan rings is 1. The molecule has 0 aliphatic heterocycles. The molecule has 9 aromatic rings. The highest BCUT2D eigenvalue weighted by molar-refractivity contribution is 6.13. The molecular formula is C43H28N4O. The number of anilines is 3. The van der Waals surface area contributed by atoms with Crippen molar-refractivity contribution >= 4 is 49.8 Å². The van der Waals surface area contributed by atoms with Crippen molar-refractivity contribution in [1.29, 1.82) is 0 Å². The van der Waals surface area contributed by atoms with E-state index in [0.29, 0.717) is 17.5 Å². The lowest BCUT2D eigenvalue weighted by atomic mass is 10.0. The Labute approximate surface area is 277 Å². The number of nitrogens with zero attached hydrogens (tertiary/aromatic N) is 4. The Kier molecular flexibility index (Phi) is 6.72. The van der Waals surface area contributed by atoms with Crippen LogP contribution in [0.2, 0.25) is 0 Å². The molecule has 0 aliphatic carbocycles. The van der Waals surface area contributed by atoms with Crippen molar-refractivity contribution in [2.45, 2.75) is 0 Å². The summed E-state index contributed by atoms with van der Waals surface area (Å²) in [6.45, 7) is 0. The highest BCUT2D eigenvalue weighted by Crippen LogP contribution is 2.42. The van der Waals surface area contributed by atoms with Gasteiger partial charge in [-0.15, -0.1) is 0 Å². The summed E-state index contributed by atoms with van der Waals surface area (Å²) < 4.78 is 6.60. The molecule has 0 spiro atoms. The van der Waals surface area contributed by atoms with Gasteiger partial charge in [-0.05, 0) is 41.8 Å². The van der Waals surface area contributed by atoms with E-state index in [0.717, 1.165) is 55.7 Å². The molecule has 0 unspecified atom stereocenters. The highest BCUT2D eigenvalue weighted by atomic mass is 16.3. The first-order valence-electron chi connectivity index (χ1n) is 16.0. The maximum absolute atomic E-state index is 6.60. The third-order valence-corrected chi connectivity index (χ3v) is 8.70. The number of hydrogen-bond acceptors (Lipinski definition) is 5. The van der Waals surface area contributed by atoms with Gasteiger partial charge in [-0.3, -0.25) is 0 Å². The van der Waals surface area contributed by atoms with Crippen LogP contribution in [0.4, 0.5) is 17.1 Å². The summed E-state index contributed by atoms with van der Waals surface area (Å²) in [7, 11) is 0. The molecule has 48 heavy (non-hydrogen) atoms. The molecule has 0 aliphatic rings. The van der Waals surface area contributed by atoms with Crippen LogP contribution in [0, 0.1) is 0 Å². The lowest BCUT2D eigenvalue weighted by Crippen LogP contribution is -2.10. The van der Waals surface area contributed by atoms with Crippen LogP contribution in [0.5, 0.6) is 0 Å². The van der Waals surface area contributed by atoms with Crippen molar-refractivity contribution < 1.29 is 4.42 Å². The van der Waals surface area contributed by atoms with E-state index in [4.69, 9.17) is 19.4 Å². The summed E-state index contributed by atoms with van der Waals surface area (Å²) in [5.41, 5.74) is 7.49. The fourth-order valence-corrected chi connectivity index (χ4v) is 6.48. The second kappa shape index (κ2) is 11.6. The molecule has 7 aromatic carbocycles. The van der Waals surface area contributed by atoms with Crippen molar-refractivity contribution in [1.82, 2.24) is 15.0 Å². The first-order valence-corrected chi connectivity index (χ1v) is 16.0. The Morgan fingerprint density at radius 1 is 0.417 bits per heavy atom. The quantitative estimate of drug-likeness (QED) is 0.186. The molecule has 226 valence electrons. The SMILES string of the molecule is c1ccc(-c2nc(-c3ccccc3)nc(-c3cccc4oc5cc(N(c6ccccc6)c6cccc7ccccc67)ccc5c34)n2)cc1. The average Bonchev–Trinajstić information content (AvgIpc) is 3.54. The average molecular weight is 617 g/mol. The Morgan fingerprint density at radius 3 is 1.75 bits per heavy atom. The molecule has 0 saturated heterocycles. The van der Waals surface area contributed by atoms with E-state index in [1.165, 1.54) is 10.8 Å². The Balaban J connectivity index is 1.24. The number of para-hydroxylation sites is 1. The molecule has 0 radical (unpaired) electrons. The van der Waals surface area contributed by atoms with Crippen LogP contribution in [0.3, 0.4) is 0 Å². The van der Waals surface area contributed by atoms with Crippen molar-refractivity contribution in [2.24, 2.45) is 0 Å². The van der Waals surface area contributed by atoms with Gasteiger partial charge < -0.3 is 9.32 Å². The van der Waals surface area contributed by atoms with Crippen LogP contribution in [-0.4, -0.2) is 15.0 Å². The molecule has 2 heterocycles. The predicted molar refractivity (Wildman–Crippen MR) is 196 cm³/mol. The minimum absolute atomic E-state index is 0.599. The minimum atomic E-state index is 0.599. The standard InChI is InChI=1S/C43H28N4O/c1-4-15-30(16-5-1)41-44-42(31-17-6-2-7-18-31)46-43(45-41)36-23-13-25-38-40(36)35-27-26-33(28-39(35)48-38)47(32-20-8-3-9-21-32)37-24-12-19-29-14-10-11-22-34(29)37/h1-28H. The van der Waals surface area contributed by atoms with Crippen molar-refractivity contribution in [3.05, 3.63) is 170 Å². The summed E-state index contributed by atoms with van der Waals surface area (Å²) in [6, 6.07) is 58.0. The van der Waals surface area contributed by atoms with E-state index in [9.17, 15) is 0 Å². The number of rotatable bonds is 6. The third kappa shape index (κ3) is 4.86. The van der Waals surface area contributed by atoms with Crippen LogP contribution in [0.25, 0.3) is 66.9 Å². The number of fused-ring (bicyclic) bond motifs is 4. The van der Waals surface area contributed by atoms with Gasteiger partial charge in [-0.1, -0.05) is 127 Å². The summed E-state index contributed by atoms with van der Waals surface area (Å²) in [4.78, 5) is 17.2. The van der Waals surface area contributed by atoms with Gasteiger partial charge >= 0.3 is 0 Å². The van der Waals surface area contributed by atoms with E-state index in [1.54, 1.807) is 0 Å². The van der Waals surface area contributed by atoms with Gasteiger partial charge in [0, 0.05) is 50.3 Å². The molecule has 0 amide bonds. The fourth-order valence-electron chi connectivity index (χ4n) is 6.48. The van der Waals surface area contributed by atoms with Crippen LogP contribution < -0.4 is 4.90 Å². The summed E-state index contributed by atoms with van der Waals surface area (Å²) in [6.07, 6.45) is 0. The smallest absolute Gasteiger partial charge is 0.164 e. The van der Waals surface area contributed by atoms with Gasteiger partial charge in [-0.25, -0.2) is 15.0 Å². The zero-order valence-electron chi connectivity index (χ0n) is 25.9. The maximum Gasteiger partial charge on any atom is 0.164 e. The molecule has 5 heteroatoms. The number of benzene rings is 7. The Bertz CT molecular complexity index is 2500. The van der Waals surface area contributed by atoms with Gasteiger partial charge in [0.25, 0.3) is 0 Å². The normalized spacial score (nSPS) is 11.3. The molecule has 0 N–H and O–H groups in total. The molecule has 0 fully saturated rings. The van der Waals surface area contributed by atoms with Gasteiger partial charge in [0.2, 0.25) is 0 Å². The number of hydrogen-bond donors (Lipinski definition) is 0. The topological polar surface area (TPSA) is 55.1 Å². The van der Waals surface area contributed by atoms with Crippen molar-refractivity contribution in [3.8, 4) is 34.2 Å². The zero-order chi connectivity index (χ0) is 31.9. The van der Waals surface area contributed by atoms with E-state index in [2.05, 4.69) is 95.9 Å². The summed E-state index contributed by atoms with van der Waals surface area (Å²) >= 11 is 0. The first kappa shape index (κ1) is 27.7. The minimum Gasteiger partial charge on any atom is -0.456 e. The van der Waals surface area contributed by atoms with Crippen molar-refractivity contribution in [2.75, 3.05) is 4.90 Å². The van der Waals surface area contributed by atoms with Crippen LogP contribution >= 0.6 is 0 Å². The van der Waals surface area contributed by atoms with Crippen LogP contribution in [0.15, 0.2) is 174 Å². The lowest BCUT2D eigenvalue weighted by molar-refractivity contribution is 0.669. The van der Waals surface area contributed by atoms with Gasteiger partial charge in [0.05, 0.1) is 5.69 Å². The second-order valence-electron chi connectivity index (χ2n) is 11.7. The van der Waals surface area contributed by atoms with E-state index in [-0.39, 0.29) is 0 Å². The Morgan fingerprint density at radius 2 is 1.02 bits per heavy atom. The van der Waals surface area contributed by atoms with Crippen molar-refractivity contribution in [3.63, 3.8) is 0 Å². The fraction of sp³-hybridized carbons (Fsp3) is 0. The first-order chi connectivity index (χ1) is 23.8. The van der Waals surface area contributed by atoms with Gasteiger partial charge in [0.1, 0.15) is 11.2 Å². The second-order valence-corrected chi connectivity index (χ2v) is 11.7. The summed E-state index contributed by atoms with van der Waals surface area (Å²) in [5.74, 6) is 1.85. The van der Waals surface area contributed by atoms with E-state index < -0.39 is 0 Å². The summed E-state index contributed by atoms with van der Waals surface area (Å²) in [5, 5.41) is 4.33. The van der Waals surface area contributed by atoms with Crippen LogP contribution in [-0.2, 0) is 0 Å². The Hall–Kier alpha value is -6.59. The van der Waals surface area contributed by atoms with Crippen LogP contribution in [0.1, 0.15) is 0 Å². The molecular weight excluding hydrogens is 589 g/mol. The maximum atomic E-state index is 6.60. The highest BCUT2D eigenvalue weighted by Gasteiger charge is 2.20. The number of aromatic nitrogens is 3. The lowest BCUT2D eigenvalue weighted by Gasteiger charge is -2.26. The molecule has 2 aromatic heterocycles. The molecule has 0 atom stereocenters. The van der Waals surface area contributed by atoms with E-state index >= 15 is 0 Å².